The van der Waals surface area contributed by atoms with Gasteiger partial charge >= 0.3 is 5.97 Å². The van der Waals surface area contributed by atoms with Crippen molar-refractivity contribution < 1.29 is 14.4 Å². The van der Waals surface area contributed by atoms with Crippen molar-refractivity contribution in [3.8, 4) is 5.75 Å². The second kappa shape index (κ2) is 8.39. The van der Waals surface area contributed by atoms with Crippen LogP contribution in [0.4, 0.5) is 0 Å². The van der Waals surface area contributed by atoms with E-state index >= 15 is 0 Å². The minimum Gasteiger partial charge on any atom is -0.487 e. The molecule has 0 saturated carbocycles. The minimum atomic E-state index is -0.485. The van der Waals surface area contributed by atoms with E-state index in [4.69, 9.17) is 9.57 Å². The molecule has 1 saturated heterocycles. The van der Waals surface area contributed by atoms with Crippen LogP contribution in [-0.2, 0) is 0 Å². The molecule has 2 aromatic carbocycles. The highest BCUT2D eigenvalue weighted by atomic mass is 16.7. The van der Waals surface area contributed by atoms with Crippen molar-refractivity contribution in [3.63, 3.8) is 0 Å². The second-order valence-electron chi connectivity index (χ2n) is 7.01. The van der Waals surface area contributed by atoms with Crippen LogP contribution in [0.5, 0.6) is 5.75 Å². The number of benzene rings is 2. The number of hydrogen-bond acceptors (Lipinski definition) is 6. The maximum atomic E-state index is 12.3. The van der Waals surface area contributed by atoms with E-state index in [1.54, 1.807) is 24.3 Å². The monoisotopic (exact) mass is 380 g/mol. The number of rotatable bonds is 7. The summed E-state index contributed by atoms with van der Waals surface area (Å²) in [6.45, 7) is 5.31. The molecule has 7 nitrogen and oxygen atoms in total. The Morgan fingerprint density at radius 2 is 2.04 bits per heavy atom. The van der Waals surface area contributed by atoms with E-state index in [1.807, 2.05) is 24.3 Å². The predicted molar refractivity (Wildman–Crippen MR) is 105 cm³/mol. The lowest BCUT2D eigenvalue weighted by atomic mass is 10.2. The molecule has 3 aromatic rings. The summed E-state index contributed by atoms with van der Waals surface area (Å²) in [5.74, 6) is 0.183. The van der Waals surface area contributed by atoms with Crippen LogP contribution in [0.2, 0.25) is 0 Å². The van der Waals surface area contributed by atoms with Gasteiger partial charge in [-0.25, -0.2) is 4.79 Å². The molecule has 0 spiro atoms. The van der Waals surface area contributed by atoms with E-state index in [9.17, 15) is 4.79 Å². The first-order chi connectivity index (χ1) is 13.7. The Hall–Kier alpha value is -2.93. The quantitative estimate of drug-likeness (QED) is 0.587. The lowest BCUT2D eigenvalue weighted by Gasteiger charge is -2.16. The second-order valence-corrected chi connectivity index (χ2v) is 7.01. The van der Waals surface area contributed by atoms with Crippen LogP contribution in [-0.4, -0.2) is 51.8 Å². The van der Waals surface area contributed by atoms with Crippen LogP contribution in [0.25, 0.3) is 11.0 Å². The molecule has 28 heavy (non-hydrogen) atoms. The molecule has 4 rings (SSSR count). The number of hydrogen-bond donors (Lipinski definition) is 0. The number of unbranched alkanes of at least 4 members (excludes halogenated alkanes) is 1. The van der Waals surface area contributed by atoms with E-state index in [1.165, 1.54) is 12.8 Å². The Kier molecular flexibility index (Phi) is 5.53. The molecule has 1 fully saturated rings. The summed E-state index contributed by atoms with van der Waals surface area (Å²) >= 11 is 0. The molecule has 0 N–H and O–H groups in total. The van der Waals surface area contributed by atoms with Crippen molar-refractivity contribution in [3.05, 3.63) is 54.1 Å². The Morgan fingerprint density at radius 1 is 1.18 bits per heavy atom. The number of carbonyl (C=O) groups excluding carboxylic acids is 1. The van der Waals surface area contributed by atoms with E-state index in [0.29, 0.717) is 22.3 Å². The summed E-state index contributed by atoms with van der Waals surface area (Å²) < 4.78 is 6.20. The van der Waals surface area contributed by atoms with Crippen molar-refractivity contribution in [2.45, 2.75) is 32.3 Å². The molecular weight excluding hydrogens is 356 g/mol. The zero-order chi connectivity index (χ0) is 19.3. The molecule has 0 amide bonds. The van der Waals surface area contributed by atoms with Crippen LogP contribution < -0.4 is 9.57 Å². The number of ether oxygens (including phenoxy) is 1. The maximum absolute atomic E-state index is 12.3. The van der Waals surface area contributed by atoms with Crippen molar-refractivity contribution in [1.82, 2.24) is 20.1 Å². The van der Waals surface area contributed by atoms with Crippen molar-refractivity contribution >= 4 is 17.0 Å². The maximum Gasteiger partial charge on any atom is 0.365 e. The van der Waals surface area contributed by atoms with Crippen molar-refractivity contribution in [2.75, 3.05) is 19.6 Å². The third-order valence-electron chi connectivity index (χ3n) is 4.94. The van der Waals surface area contributed by atoms with E-state index in [-0.39, 0.29) is 6.10 Å². The average Bonchev–Trinajstić information content (AvgIpc) is 3.35. The summed E-state index contributed by atoms with van der Waals surface area (Å²) in [6.07, 6.45) is 3.55. The highest BCUT2D eigenvalue weighted by molar-refractivity contribution is 5.90. The summed E-state index contributed by atoms with van der Waals surface area (Å²) in [7, 11) is 0. The first-order valence-corrected chi connectivity index (χ1v) is 9.75. The topological polar surface area (TPSA) is 69.5 Å². The van der Waals surface area contributed by atoms with Gasteiger partial charge in [-0.2, -0.15) is 0 Å². The fourth-order valence-electron chi connectivity index (χ4n) is 3.42. The molecule has 0 radical (unpaired) electrons. The van der Waals surface area contributed by atoms with Gasteiger partial charge in [0.1, 0.15) is 17.4 Å². The zero-order valence-electron chi connectivity index (χ0n) is 16.0. The Labute approximate surface area is 163 Å². The number of fused-ring (bicyclic) bond motifs is 1. The molecule has 7 heteroatoms. The minimum absolute atomic E-state index is 0.138. The molecule has 1 aliphatic rings. The molecule has 0 aliphatic carbocycles. The van der Waals surface area contributed by atoms with Gasteiger partial charge in [-0.15, -0.1) is 5.10 Å². The van der Waals surface area contributed by atoms with Crippen molar-refractivity contribution in [2.24, 2.45) is 0 Å². The van der Waals surface area contributed by atoms with E-state index < -0.39 is 5.97 Å². The number of aromatic nitrogens is 3. The zero-order valence-corrected chi connectivity index (χ0v) is 16.0. The molecule has 1 aromatic heterocycles. The largest absolute Gasteiger partial charge is 0.487 e. The van der Waals surface area contributed by atoms with Crippen LogP contribution in [0.3, 0.4) is 0 Å². The molecule has 1 atom stereocenters. The molecule has 2 heterocycles. The highest BCUT2D eigenvalue weighted by Gasteiger charge is 2.25. The van der Waals surface area contributed by atoms with Crippen LogP contribution in [0, 0.1) is 0 Å². The molecule has 0 bridgehead atoms. The Bertz CT molecular complexity index is 941. The fraction of sp³-hybridized carbons (Fsp3) is 0.381. The predicted octanol–water partition coefficient (Wildman–Crippen LogP) is 2.95. The Morgan fingerprint density at radius 3 is 2.86 bits per heavy atom. The van der Waals surface area contributed by atoms with Crippen molar-refractivity contribution in [1.29, 1.82) is 0 Å². The molecule has 1 unspecified atom stereocenters. The molecule has 146 valence electrons. The highest BCUT2D eigenvalue weighted by Crippen LogP contribution is 2.26. The third-order valence-corrected chi connectivity index (χ3v) is 4.94. The standard InChI is InChI=1S/C21H24N4O3/c1-2-3-13-24-14-12-17(15-24)27-19-11-7-10-18-20(19)22-23-25(18)28-21(26)16-8-5-4-6-9-16/h4-11,17H,2-3,12-15H2,1H3. The lowest BCUT2D eigenvalue weighted by Crippen LogP contribution is -2.25. The first-order valence-electron chi connectivity index (χ1n) is 9.75. The molecular formula is C21H24N4O3. The average molecular weight is 380 g/mol. The van der Waals surface area contributed by atoms with Gasteiger partial charge in [-0.3, -0.25) is 4.90 Å². The van der Waals surface area contributed by atoms with Gasteiger partial charge in [0.2, 0.25) is 0 Å². The van der Waals surface area contributed by atoms with Gasteiger partial charge in [0.05, 0.1) is 5.56 Å². The first kappa shape index (κ1) is 18.4. The van der Waals surface area contributed by atoms with Gasteiger partial charge in [0.15, 0.2) is 5.52 Å². The summed E-state index contributed by atoms with van der Waals surface area (Å²) in [4.78, 5) is 21.3. The van der Waals surface area contributed by atoms with E-state index in [2.05, 4.69) is 22.1 Å². The lowest BCUT2D eigenvalue weighted by molar-refractivity contribution is 0.0409. The number of likely N-dealkylation sites (tertiary alicyclic amines) is 1. The Balaban J connectivity index is 1.47. The summed E-state index contributed by atoms with van der Waals surface area (Å²) in [5, 5.41) is 8.16. The van der Waals surface area contributed by atoms with Gasteiger partial charge in [0.25, 0.3) is 0 Å². The van der Waals surface area contributed by atoms with Gasteiger partial charge in [-0.05, 0) is 48.9 Å². The SMILES string of the molecule is CCCCN1CCC(Oc2cccc3c2nnn3OC(=O)c2ccccc2)C1. The van der Waals surface area contributed by atoms with Crippen LogP contribution in [0.1, 0.15) is 36.5 Å². The summed E-state index contributed by atoms with van der Waals surface area (Å²) in [5.41, 5.74) is 1.65. The number of carbonyl (C=O) groups is 1. The molecule has 1 aliphatic heterocycles. The van der Waals surface area contributed by atoms with Gasteiger partial charge in [0, 0.05) is 13.1 Å². The van der Waals surface area contributed by atoms with Gasteiger partial charge in [-0.1, -0.05) is 42.5 Å². The normalized spacial score (nSPS) is 17.1. The van der Waals surface area contributed by atoms with Crippen LogP contribution in [0.15, 0.2) is 48.5 Å². The van der Waals surface area contributed by atoms with Gasteiger partial charge < -0.3 is 9.57 Å². The van der Waals surface area contributed by atoms with Crippen LogP contribution >= 0.6 is 0 Å². The fourth-order valence-corrected chi connectivity index (χ4v) is 3.42. The number of nitrogens with zero attached hydrogens (tertiary/aromatic N) is 4. The summed E-state index contributed by atoms with van der Waals surface area (Å²) in [6, 6.07) is 14.4. The third kappa shape index (κ3) is 3.99. The smallest absolute Gasteiger partial charge is 0.365 e. The van der Waals surface area contributed by atoms with E-state index in [0.717, 1.165) is 30.9 Å².